The van der Waals surface area contributed by atoms with E-state index < -0.39 is 23.4 Å². The summed E-state index contributed by atoms with van der Waals surface area (Å²) in [4.78, 5) is 24.5. The number of nitrogens with one attached hydrogen (secondary N) is 3. The van der Waals surface area contributed by atoms with E-state index in [4.69, 9.17) is 10.00 Å². The maximum atomic E-state index is 12.7. The van der Waals surface area contributed by atoms with Crippen LogP contribution in [-0.4, -0.2) is 45.5 Å². The van der Waals surface area contributed by atoms with Crippen molar-refractivity contribution < 1.29 is 22.7 Å². The van der Waals surface area contributed by atoms with Crippen molar-refractivity contribution in [2.45, 2.75) is 37.6 Å². The van der Waals surface area contributed by atoms with Crippen LogP contribution in [0.15, 0.2) is 29.4 Å². The number of alkyl halides is 3. The minimum atomic E-state index is -4.51. The Bertz CT molecular complexity index is 980. The van der Waals surface area contributed by atoms with Crippen molar-refractivity contribution in [2.75, 3.05) is 34.9 Å². The molecule has 9 nitrogen and oxygen atoms in total. The molecule has 0 saturated carbocycles. The molecule has 13 heteroatoms. The fourth-order valence-electron chi connectivity index (χ4n) is 2.22. The number of rotatable bonds is 9. The third-order valence-electron chi connectivity index (χ3n) is 3.64. The molecule has 2 aromatic rings. The van der Waals surface area contributed by atoms with Crippen LogP contribution in [0.3, 0.4) is 0 Å². The van der Waals surface area contributed by atoms with Crippen LogP contribution in [0.1, 0.15) is 26.3 Å². The average Bonchev–Trinajstić information content (AvgIpc) is 2.70. The van der Waals surface area contributed by atoms with E-state index in [-0.39, 0.29) is 24.0 Å². The lowest BCUT2D eigenvalue weighted by Crippen LogP contribution is -2.30. The summed E-state index contributed by atoms with van der Waals surface area (Å²) in [5.74, 6) is 0.824. The number of nitrogens with zero attached hydrogens (tertiary/aromatic N) is 4. The Morgan fingerprint density at radius 2 is 1.94 bits per heavy atom. The maximum Gasteiger partial charge on any atom is 0.416 e. The van der Waals surface area contributed by atoms with Crippen molar-refractivity contribution in [1.29, 1.82) is 5.26 Å². The second-order valence-electron chi connectivity index (χ2n) is 6.85. The summed E-state index contributed by atoms with van der Waals surface area (Å²) in [7, 11) is 0. The number of hydrogen-bond acceptors (Lipinski definition) is 9. The van der Waals surface area contributed by atoms with Gasteiger partial charge in [-0.1, -0.05) is 17.8 Å². The lowest BCUT2D eigenvalue weighted by Gasteiger charge is -2.18. The summed E-state index contributed by atoms with van der Waals surface area (Å²) >= 11 is 1.18. The highest BCUT2D eigenvalue weighted by molar-refractivity contribution is 7.99. The third-order valence-corrected chi connectivity index (χ3v) is 4.45. The molecule has 172 valence electrons. The van der Waals surface area contributed by atoms with Gasteiger partial charge in [-0.3, -0.25) is 5.32 Å². The van der Waals surface area contributed by atoms with Gasteiger partial charge in [-0.15, -0.1) is 0 Å². The second-order valence-corrected chi connectivity index (χ2v) is 7.91. The van der Waals surface area contributed by atoms with Crippen molar-refractivity contribution in [3.8, 4) is 6.07 Å². The van der Waals surface area contributed by atoms with E-state index in [1.54, 1.807) is 13.8 Å². The number of amides is 1. The number of halogens is 3. The van der Waals surface area contributed by atoms with Gasteiger partial charge in [-0.25, -0.2) is 4.79 Å². The quantitative estimate of drug-likeness (QED) is 0.362. The first-order chi connectivity index (χ1) is 15.0. The Morgan fingerprint density at radius 1 is 1.22 bits per heavy atom. The van der Waals surface area contributed by atoms with Gasteiger partial charge in [0, 0.05) is 18.0 Å². The van der Waals surface area contributed by atoms with Crippen molar-refractivity contribution in [2.24, 2.45) is 0 Å². The van der Waals surface area contributed by atoms with E-state index in [1.165, 1.54) is 23.9 Å². The Hall–Kier alpha value is -3.27. The molecule has 0 unspecified atom stereocenters. The van der Waals surface area contributed by atoms with Gasteiger partial charge >= 0.3 is 12.3 Å². The molecule has 0 bridgehead atoms. The molecular weight excluding hydrogens is 447 g/mol. The number of anilines is 3. The van der Waals surface area contributed by atoms with E-state index in [0.717, 1.165) is 12.1 Å². The van der Waals surface area contributed by atoms with Crippen molar-refractivity contribution in [3.05, 3.63) is 29.8 Å². The maximum absolute atomic E-state index is 12.7. The smallest absolute Gasteiger partial charge is 0.416 e. The van der Waals surface area contributed by atoms with Gasteiger partial charge in [0.2, 0.25) is 11.9 Å². The molecule has 0 aliphatic rings. The highest BCUT2D eigenvalue weighted by atomic mass is 32.2. The predicted molar refractivity (Wildman–Crippen MR) is 114 cm³/mol. The highest BCUT2D eigenvalue weighted by Crippen LogP contribution is 2.30. The molecule has 0 aliphatic carbocycles. The molecule has 0 spiro atoms. The first-order valence-corrected chi connectivity index (χ1v) is 10.4. The summed E-state index contributed by atoms with van der Waals surface area (Å²) in [5, 5.41) is 17.6. The Kier molecular flexibility index (Phi) is 8.48. The number of thioether (sulfide) groups is 1. The van der Waals surface area contributed by atoms with Crippen LogP contribution in [0.25, 0.3) is 0 Å². The van der Waals surface area contributed by atoms with Crippen molar-refractivity contribution in [1.82, 2.24) is 15.0 Å². The fraction of sp³-hybridized carbons (Fsp3) is 0.421. The molecule has 32 heavy (non-hydrogen) atoms. The van der Waals surface area contributed by atoms with E-state index in [1.807, 2.05) is 6.92 Å². The van der Waals surface area contributed by atoms with Gasteiger partial charge in [-0.2, -0.15) is 33.4 Å². The first-order valence-electron chi connectivity index (χ1n) is 9.45. The molecule has 1 aromatic heterocycles. The molecule has 0 atom stereocenters. The number of benzene rings is 1. The van der Waals surface area contributed by atoms with Crippen molar-refractivity contribution in [3.63, 3.8) is 0 Å². The molecule has 2 rings (SSSR count). The first kappa shape index (κ1) is 25.0. The van der Waals surface area contributed by atoms with Gasteiger partial charge < -0.3 is 15.4 Å². The van der Waals surface area contributed by atoms with Crippen LogP contribution in [-0.2, 0) is 10.9 Å². The van der Waals surface area contributed by atoms with Crippen LogP contribution in [0.4, 0.5) is 35.5 Å². The van der Waals surface area contributed by atoms with Crippen LogP contribution in [0, 0.1) is 11.3 Å². The van der Waals surface area contributed by atoms with Gasteiger partial charge in [-0.05, 0) is 39.0 Å². The monoisotopic (exact) mass is 469 g/mol. The number of carbonyl (C=O) groups excluding carboxylic acids is 1. The minimum Gasteiger partial charge on any atom is -0.448 e. The fourth-order valence-corrected chi connectivity index (χ4v) is 2.87. The second kappa shape index (κ2) is 10.9. The molecule has 0 radical (unpaired) electrons. The Morgan fingerprint density at radius 3 is 2.59 bits per heavy atom. The van der Waals surface area contributed by atoms with E-state index >= 15 is 0 Å². The van der Waals surface area contributed by atoms with Gasteiger partial charge in [0.05, 0.1) is 11.6 Å². The van der Waals surface area contributed by atoms with Gasteiger partial charge in [0.25, 0.3) is 0 Å². The molecule has 0 fully saturated rings. The predicted octanol–water partition coefficient (Wildman–Crippen LogP) is 4.38. The number of nitriles is 1. The Balaban J connectivity index is 1.91. The summed E-state index contributed by atoms with van der Waals surface area (Å²) < 4.78 is 43.2. The van der Waals surface area contributed by atoms with E-state index in [2.05, 4.69) is 37.0 Å². The van der Waals surface area contributed by atoms with Gasteiger partial charge in [0.15, 0.2) is 5.16 Å². The zero-order valence-corrected chi connectivity index (χ0v) is 18.4. The largest absolute Gasteiger partial charge is 0.448 e. The summed E-state index contributed by atoms with van der Waals surface area (Å²) in [5.41, 5.74) is -1.79. The van der Waals surface area contributed by atoms with Crippen LogP contribution < -0.4 is 16.0 Å². The molecule has 0 aliphatic heterocycles. The lowest BCUT2D eigenvalue weighted by molar-refractivity contribution is -0.137. The number of ether oxygens (including phenoxy) is 1. The van der Waals surface area contributed by atoms with Crippen LogP contribution in [0.2, 0.25) is 0 Å². The zero-order valence-electron chi connectivity index (χ0n) is 17.6. The zero-order chi connectivity index (χ0) is 23.8. The molecular formula is C19H22F3N7O2S. The average molecular weight is 469 g/mol. The third kappa shape index (κ3) is 8.10. The number of carbonyl (C=O) groups is 1. The highest BCUT2D eigenvalue weighted by Gasteiger charge is 2.30. The number of hydrogen-bond donors (Lipinski definition) is 3. The Labute approximate surface area is 187 Å². The normalized spacial score (nSPS) is 11.4. The summed E-state index contributed by atoms with van der Waals surface area (Å²) in [6, 6.07) is 6.34. The minimum absolute atomic E-state index is 0.0268. The van der Waals surface area contributed by atoms with Crippen LogP contribution in [0.5, 0.6) is 0 Å². The SMILES string of the molecule is CCNc1nc(NC(C)(C)C#N)nc(SCCOC(=O)Nc2cccc(C(F)(F)F)c2)n1. The van der Waals surface area contributed by atoms with Gasteiger partial charge in [0.1, 0.15) is 12.1 Å². The standard InChI is InChI=1S/C19H22F3N7O2S/c1-4-24-14-26-15(29-18(2,3)11-23)28-16(27-14)32-9-8-31-17(30)25-13-7-5-6-12(10-13)19(20,21)22/h5-7,10H,4,8-9H2,1-3H3,(H,25,30)(H2,24,26,27,28,29). The molecule has 3 N–H and O–H groups in total. The van der Waals surface area contributed by atoms with Crippen molar-refractivity contribution >= 4 is 35.4 Å². The van der Waals surface area contributed by atoms with E-state index in [9.17, 15) is 18.0 Å². The summed E-state index contributed by atoms with van der Waals surface area (Å²) in [6.07, 6.45) is -5.39. The summed E-state index contributed by atoms with van der Waals surface area (Å²) in [6.45, 7) is 5.76. The molecule has 1 heterocycles. The van der Waals surface area contributed by atoms with Crippen LogP contribution >= 0.6 is 11.8 Å². The molecule has 0 saturated heterocycles. The topological polar surface area (TPSA) is 125 Å². The molecule has 1 amide bonds. The lowest BCUT2D eigenvalue weighted by atomic mass is 10.1. The molecule has 1 aromatic carbocycles. The van der Waals surface area contributed by atoms with E-state index in [0.29, 0.717) is 17.6 Å². The number of aromatic nitrogens is 3.